The summed E-state index contributed by atoms with van der Waals surface area (Å²) in [5, 5.41) is 21.4. The van der Waals surface area contributed by atoms with Crippen molar-refractivity contribution in [2.75, 3.05) is 18.0 Å². The molecule has 0 radical (unpaired) electrons. The summed E-state index contributed by atoms with van der Waals surface area (Å²) in [4.78, 5) is 2.48. The number of nitriles is 1. The van der Waals surface area contributed by atoms with Crippen LogP contribution < -0.4 is 10.2 Å². The van der Waals surface area contributed by atoms with Gasteiger partial charge in [-0.2, -0.15) is 5.26 Å². The summed E-state index contributed by atoms with van der Waals surface area (Å²) in [6, 6.07) is 19.7. The fourth-order valence-corrected chi connectivity index (χ4v) is 5.16. The van der Waals surface area contributed by atoms with Crippen LogP contribution in [0, 0.1) is 11.3 Å². The minimum atomic E-state index is 0.461. The SMILES string of the molecule is CC1CN(c2ccc3c(c2)Cn2cc(-c4ccc(C#N)cc4)cc2-c2nncn2-3)C[C@@H](C)N1. The lowest BCUT2D eigenvalue weighted by molar-refractivity contribution is 0.407. The molecule has 2 aliphatic heterocycles. The van der Waals surface area contributed by atoms with Crippen molar-refractivity contribution in [2.24, 2.45) is 0 Å². The molecule has 1 unspecified atom stereocenters. The van der Waals surface area contributed by atoms with Crippen LogP contribution in [-0.2, 0) is 6.54 Å². The highest BCUT2D eigenvalue weighted by Gasteiger charge is 2.25. The van der Waals surface area contributed by atoms with Gasteiger partial charge in [0.05, 0.1) is 23.0 Å². The Morgan fingerprint density at radius 3 is 2.55 bits per heavy atom. The molecule has 164 valence electrons. The smallest absolute Gasteiger partial charge is 0.185 e. The van der Waals surface area contributed by atoms with Gasteiger partial charge in [-0.25, -0.2) is 0 Å². The van der Waals surface area contributed by atoms with Gasteiger partial charge in [-0.3, -0.25) is 4.57 Å². The lowest BCUT2D eigenvalue weighted by atomic mass is 10.1. The van der Waals surface area contributed by atoms with Crippen LogP contribution in [0.5, 0.6) is 0 Å². The predicted molar refractivity (Wildman–Crippen MR) is 128 cm³/mol. The number of fused-ring (bicyclic) bond motifs is 5. The van der Waals surface area contributed by atoms with Crippen LogP contribution in [0.25, 0.3) is 28.3 Å². The molecule has 2 aromatic carbocycles. The second kappa shape index (κ2) is 7.61. The summed E-state index contributed by atoms with van der Waals surface area (Å²) in [7, 11) is 0. The highest BCUT2D eigenvalue weighted by Crippen LogP contribution is 2.35. The van der Waals surface area contributed by atoms with Crippen molar-refractivity contribution in [1.82, 2.24) is 24.6 Å². The van der Waals surface area contributed by atoms with Crippen LogP contribution in [0.1, 0.15) is 25.0 Å². The van der Waals surface area contributed by atoms with E-state index < -0.39 is 0 Å². The zero-order valence-corrected chi connectivity index (χ0v) is 18.7. The molecule has 6 rings (SSSR count). The molecule has 0 saturated carbocycles. The third-order valence-corrected chi connectivity index (χ3v) is 6.61. The van der Waals surface area contributed by atoms with Crippen molar-refractivity contribution >= 4 is 5.69 Å². The second-order valence-corrected chi connectivity index (χ2v) is 9.14. The zero-order valence-electron chi connectivity index (χ0n) is 18.7. The summed E-state index contributed by atoms with van der Waals surface area (Å²) in [5.41, 5.74) is 7.51. The number of piperazine rings is 1. The topological polar surface area (TPSA) is 74.7 Å². The third kappa shape index (κ3) is 3.40. The molecule has 0 amide bonds. The van der Waals surface area contributed by atoms with E-state index in [1.165, 1.54) is 11.3 Å². The number of anilines is 1. The number of nitrogens with zero attached hydrogens (tertiary/aromatic N) is 6. The van der Waals surface area contributed by atoms with Gasteiger partial charge >= 0.3 is 0 Å². The monoisotopic (exact) mass is 435 g/mol. The van der Waals surface area contributed by atoms with E-state index in [1.807, 2.05) is 24.3 Å². The molecule has 33 heavy (non-hydrogen) atoms. The average Bonchev–Trinajstić information content (AvgIpc) is 3.43. The van der Waals surface area contributed by atoms with E-state index in [9.17, 15) is 0 Å². The summed E-state index contributed by atoms with van der Waals surface area (Å²) < 4.78 is 4.34. The number of nitrogens with one attached hydrogen (secondary N) is 1. The van der Waals surface area contributed by atoms with Crippen LogP contribution in [0.2, 0.25) is 0 Å². The zero-order chi connectivity index (χ0) is 22.5. The van der Waals surface area contributed by atoms with Crippen molar-refractivity contribution in [2.45, 2.75) is 32.5 Å². The average molecular weight is 436 g/mol. The Labute approximate surface area is 192 Å². The van der Waals surface area contributed by atoms with E-state index in [2.05, 4.69) is 79.9 Å². The first-order valence-corrected chi connectivity index (χ1v) is 11.3. The standard InChI is InChI=1S/C26H25N7/c1-17-12-31(13-18(2)29-17)23-7-8-24-22(9-23)15-32-14-21(20-5-3-19(11-27)4-6-20)10-25(32)26-30-28-16-33(24)26/h3-10,14,16-18,29H,12-13,15H2,1-2H3/t17-,18?/m1/s1. The lowest BCUT2D eigenvalue weighted by Gasteiger charge is -2.38. The van der Waals surface area contributed by atoms with Crippen molar-refractivity contribution in [3.05, 3.63) is 72.2 Å². The van der Waals surface area contributed by atoms with Crippen molar-refractivity contribution in [3.8, 4) is 34.4 Å². The Bertz CT molecular complexity index is 1360. The maximum absolute atomic E-state index is 9.11. The summed E-state index contributed by atoms with van der Waals surface area (Å²) >= 11 is 0. The van der Waals surface area contributed by atoms with E-state index in [0.717, 1.165) is 48.0 Å². The van der Waals surface area contributed by atoms with Gasteiger partial charge in [-0.1, -0.05) is 12.1 Å². The number of aromatic nitrogens is 4. The van der Waals surface area contributed by atoms with Crippen LogP contribution in [0.4, 0.5) is 5.69 Å². The molecule has 0 spiro atoms. The molecule has 4 aromatic rings. The largest absolute Gasteiger partial charge is 0.368 e. The maximum Gasteiger partial charge on any atom is 0.185 e. The number of hydrogen-bond donors (Lipinski definition) is 1. The number of benzene rings is 2. The Morgan fingerprint density at radius 1 is 1.00 bits per heavy atom. The quantitative estimate of drug-likeness (QED) is 0.456. The molecular weight excluding hydrogens is 410 g/mol. The molecule has 7 nitrogen and oxygen atoms in total. The Morgan fingerprint density at radius 2 is 1.79 bits per heavy atom. The fraction of sp³-hybridized carbons (Fsp3) is 0.269. The predicted octanol–water partition coefficient (Wildman–Crippen LogP) is 3.82. The molecule has 7 heteroatoms. The number of rotatable bonds is 2. The van der Waals surface area contributed by atoms with Gasteiger partial charge in [0.25, 0.3) is 0 Å². The molecule has 4 heterocycles. The van der Waals surface area contributed by atoms with Gasteiger partial charge in [0, 0.05) is 49.2 Å². The Kier molecular flexibility index (Phi) is 4.56. The molecule has 1 fully saturated rings. The Hall–Kier alpha value is -3.89. The van der Waals surface area contributed by atoms with E-state index in [4.69, 9.17) is 5.26 Å². The second-order valence-electron chi connectivity index (χ2n) is 9.14. The normalized spacial score (nSPS) is 19.2. The molecule has 0 aliphatic carbocycles. The highest BCUT2D eigenvalue weighted by atomic mass is 15.3. The van der Waals surface area contributed by atoms with Gasteiger partial charge in [-0.15, -0.1) is 10.2 Å². The molecule has 1 N–H and O–H groups in total. The van der Waals surface area contributed by atoms with Crippen LogP contribution in [-0.4, -0.2) is 44.5 Å². The molecule has 2 aromatic heterocycles. The van der Waals surface area contributed by atoms with Gasteiger partial charge in [0.15, 0.2) is 5.82 Å². The van der Waals surface area contributed by atoms with Crippen LogP contribution in [0.3, 0.4) is 0 Å². The van der Waals surface area contributed by atoms with Crippen molar-refractivity contribution in [3.63, 3.8) is 0 Å². The van der Waals surface area contributed by atoms with E-state index in [-0.39, 0.29) is 0 Å². The van der Waals surface area contributed by atoms with Crippen LogP contribution in [0.15, 0.2) is 61.1 Å². The van der Waals surface area contributed by atoms with E-state index in [0.29, 0.717) is 17.6 Å². The third-order valence-electron chi connectivity index (χ3n) is 6.61. The molecule has 0 bridgehead atoms. The molecule has 2 atom stereocenters. The lowest BCUT2D eigenvalue weighted by Crippen LogP contribution is -2.54. The first kappa shape index (κ1) is 19.8. The molecule has 2 aliphatic rings. The molecule has 1 saturated heterocycles. The first-order valence-electron chi connectivity index (χ1n) is 11.3. The Balaban J connectivity index is 1.42. The highest BCUT2D eigenvalue weighted by molar-refractivity contribution is 5.72. The first-order chi connectivity index (χ1) is 16.1. The fourth-order valence-electron chi connectivity index (χ4n) is 5.16. The van der Waals surface area contributed by atoms with Crippen molar-refractivity contribution < 1.29 is 0 Å². The van der Waals surface area contributed by atoms with Crippen molar-refractivity contribution in [1.29, 1.82) is 5.26 Å². The minimum absolute atomic E-state index is 0.461. The number of hydrogen-bond acceptors (Lipinski definition) is 5. The minimum Gasteiger partial charge on any atom is -0.368 e. The summed E-state index contributed by atoms with van der Waals surface area (Å²) in [6.45, 7) is 7.24. The maximum atomic E-state index is 9.11. The summed E-state index contributed by atoms with van der Waals surface area (Å²) in [6.07, 6.45) is 3.97. The van der Waals surface area contributed by atoms with E-state index in [1.54, 1.807) is 6.33 Å². The van der Waals surface area contributed by atoms with Gasteiger partial charge in [0.2, 0.25) is 0 Å². The van der Waals surface area contributed by atoms with Crippen LogP contribution >= 0.6 is 0 Å². The van der Waals surface area contributed by atoms with Gasteiger partial charge in [-0.05, 0) is 61.4 Å². The van der Waals surface area contributed by atoms with E-state index >= 15 is 0 Å². The van der Waals surface area contributed by atoms with Gasteiger partial charge < -0.3 is 14.8 Å². The molecular formula is C26H25N7. The summed E-state index contributed by atoms with van der Waals surface area (Å²) in [5.74, 6) is 0.839. The van der Waals surface area contributed by atoms with Gasteiger partial charge in [0.1, 0.15) is 6.33 Å².